The summed E-state index contributed by atoms with van der Waals surface area (Å²) in [7, 11) is -3.65. The van der Waals surface area contributed by atoms with Crippen LogP contribution in [0.2, 0.25) is 0 Å². The van der Waals surface area contributed by atoms with Crippen LogP contribution in [0.25, 0.3) is 10.2 Å². The molecule has 4 aromatic rings. The molecule has 1 amide bonds. The summed E-state index contributed by atoms with van der Waals surface area (Å²) in [5.74, 6) is -0.866. The van der Waals surface area contributed by atoms with Gasteiger partial charge in [0.05, 0.1) is 21.3 Å². The fraction of sp³-hybridized carbons (Fsp3) is 0.160. The van der Waals surface area contributed by atoms with E-state index in [1.807, 2.05) is 18.2 Å². The normalized spacial score (nSPS) is 12.0. The number of benzene rings is 3. The summed E-state index contributed by atoms with van der Waals surface area (Å²) in [6.07, 6.45) is 1.44. The van der Waals surface area contributed by atoms with Crippen molar-refractivity contribution in [3.8, 4) is 0 Å². The van der Waals surface area contributed by atoms with Gasteiger partial charge in [0.1, 0.15) is 5.82 Å². The lowest BCUT2D eigenvalue weighted by molar-refractivity contribution is 0.0987. The average Bonchev–Trinajstić information content (AvgIpc) is 3.28. The highest BCUT2D eigenvalue weighted by Crippen LogP contribution is 2.32. The molecule has 1 heterocycles. The molecule has 186 valence electrons. The van der Waals surface area contributed by atoms with E-state index >= 15 is 0 Å². The number of carbonyl (C=O) groups excluding carboxylic acids is 1. The second-order valence-electron chi connectivity index (χ2n) is 7.64. The van der Waals surface area contributed by atoms with E-state index in [0.717, 1.165) is 14.2 Å². The Hall–Kier alpha value is -2.99. The van der Waals surface area contributed by atoms with E-state index in [0.29, 0.717) is 29.3 Å². The van der Waals surface area contributed by atoms with E-state index in [1.165, 1.54) is 58.3 Å². The van der Waals surface area contributed by atoms with Crippen LogP contribution in [0.15, 0.2) is 81.2 Å². The van der Waals surface area contributed by atoms with Crippen LogP contribution >= 0.6 is 27.3 Å². The fourth-order valence-electron chi connectivity index (χ4n) is 3.44. The Balaban J connectivity index is 1.71. The van der Waals surface area contributed by atoms with Gasteiger partial charge in [-0.25, -0.2) is 17.8 Å². The monoisotopic (exact) mass is 588 g/mol. The number of hydrogen-bond donors (Lipinski definition) is 0. The minimum atomic E-state index is -3.65. The van der Waals surface area contributed by atoms with Crippen LogP contribution in [-0.4, -0.2) is 42.9 Å². The minimum absolute atomic E-state index is 0.106. The number of thiazole rings is 1. The van der Waals surface area contributed by atoms with E-state index in [1.54, 1.807) is 26.0 Å². The molecular weight excluding hydrogens is 567 g/mol. The van der Waals surface area contributed by atoms with Crippen molar-refractivity contribution in [2.45, 2.75) is 18.7 Å². The zero-order chi connectivity index (χ0) is 25.9. The lowest BCUT2D eigenvalue weighted by atomic mass is 10.2. The first-order chi connectivity index (χ1) is 17.2. The van der Waals surface area contributed by atoms with Crippen molar-refractivity contribution in [1.82, 2.24) is 9.29 Å². The molecule has 1 aromatic heterocycles. The lowest BCUT2D eigenvalue weighted by Crippen LogP contribution is -2.30. The van der Waals surface area contributed by atoms with Gasteiger partial charge in [0.2, 0.25) is 15.2 Å². The number of carbonyl (C=O) groups is 1. The Kier molecular flexibility index (Phi) is 7.94. The van der Waals surface area contributed by atoms with Gasteiger partial charge in [-0.3, -0.25) is 4.79 Å². The third kappa shape index (κ3) is 5.54. The largest absolute Gasteiger partial charge is 0.280 e. The number of sulfonamides is 1. The maximum Gasteiger partial charge on any atom is 0.280 e. The number of hydrazone groups is 1. The first-order valence-electron chi connectivity index (χ1n) is 11.0. The van der Waals surface area contributed by atoms with E-state index in [2.05, 4.69) is 26.0 Å². The van der Waals surface area contributed by atoms with Gasteiger partial charge in [-0.2, -0.15) is 14.4 Å². The van der Waals surface area contributed by atoms with Crippen LogP contribution in [0.4, 0.5) is 9.52 Å². The molecule has 11 heteroatoms. The summed E-state index contributed by atoms with van der Waals surface area (Å²) >= 11 is 4.73. The number of nitrogens with zero attached hydrogens (tertiary/aromatic N) is 4. The van der Waals surface area contributed by atoms with Crippen molar-refractivity contribution in [2.75, 3.05) is 18.1 Å². The molecule has 4 rings (SSSR count). The molecule has 0 aliphatic heterocycles. The number of amides is 1. The average molecular weight is 590 g/mol. The molecule has 7 nitrogen and oxygen atoms in total. The van der Waals surface area contributed by atoms with E-state index in [9.17, 15) is 17.6 Å². The highest BCUT2D eigenvalue weighted by atomic mass is 79.9. The maximum atomic E-state index is 13.5. The molecule has 3 aromatic carbocycles. The number of fused-ring (bicyclic) bond motifs is 1. The number of halogens is 2. The van der Waals surface area contributed by atoms with E-state index in [-0.39, 0.29) is 16.3 Å². The third-order valence-corrected chi connectivity index (χ3v) is 8.90. The van der Waals surface area contributed by atoms with Crippen LogP contribution < -0.4 is 5.01 Å². The SMILES string of the molecule is CCN(CC)S(=O)(=O)c1ccc(C(=O)N(/N=C/c2ccc(F)cc2)c2nc3ccc(Br)cc3s2)cc1. The molecule has 0 radical (unpaired) electrons. The standard InChI is InChI=1S/C25H22BrFN4O3S2/c1-3-30(4-2)36(33,34)21-12-7-18(8-13-21)24(32)31(28-16-17-5-10-20(27)11-6-17)25-29-22-14-9-19(26)15-23(22)35-25/h5-16H,3-4H2,1-2H3/b28-16+. The van der Waals surface area contributed by atoms with Gasteiger partial charge < -0.3 is 0 Å². The van der Waals surface area contributed by atoms with Gasteiger partial charge in [-0.05, 0) is 60.2 Å². The molecule has 0 bridgehead atoms. The molecule has 36 heavy (non-hydrogen) atoms. The Morgan fingerprint density at radius 2 is 1.72 bits per heavy atom. The number of rotatable bonds is 8. The van der Waals surface area contributed by atoms with Crippen molar-refractivity contribution < 1.29 is 17.6 Å². The molecule has 0 N–H and O–H groups in total. The second kappa shape index (κ2) is 11.0. The smallest absolute Gasteiger partial charge is 0.267 e. The van der Waals surface area contributed by atoms with Crippen molar-refractivity contribution in [1.29, 1.82) is 0 Å². The van der Waals surface area contributed by atoms with Gasteiger partial charge in [-0.15, -0.1) is 0 Å². The predicted molar refractivity (Wildman–Crippen MR) is 145 cm³/mol. The zero-order valence-electron chi connectivity index (χ0n) is 19.4. The third-order valence-electron chi connectivity index (χ3n) is 5.35. The van der Waals surface area contributed by atoms with Gasteiger partial charge in [0.25, 0.3) is 5.91 Å². The van der Waals surface area contributed by atoms with Crippen LogP contribution in [0.1, 0.15) is 29.8 Å². The van der Waals surface area contributed by atoms with Crippen molar-refractivity contribution in [2.24, 2.45) is 5.10 Å². The fourth-order valence-corrected chi connectivity index (χ4v) is 6.38. The summed E-state index contributed by atoms with van der Waals surface area (Å²) in [6, 6.07) is 17.0. The van der Waals surface area contributed by atoms with Gasteiger partial charge in [0, 0.05) is 23.1 Å². The molecule has 0 atom stereocenters. The molecule has 0 aliphatic carbocycles. The second-order valence-corrected chi connectivity index (χ2v) is 11.5. The highest BCUT2D eigenvalue weighted by Gasteiger charge is 2.24. The Bertz CT molecular complexity index is 1520. The van der Waals surface area contributed by atoms with E-state index in [4.69, 9.17) is 0 Å². The zero-order valence-corrected chi connectivity index (χ0v) is 22.6. The summed E-state index contributed by atoms with van der Waals surface area (Å²) in [5, 5.41) is 5.86. The van der Waals surface area contributed by atoms with Crippen LogP contribution in [-0.2, 0) is 10.0 Å². The topological polar surface area (TPSA) is 82.9 Å². The number of anilines is 1. The summed E-state index contributed by atoms with van der Waals surface area (Å²) in [6.45, 7) is 4.23. The van der Waals surface area contributed by atoms with Crippen LogP contribution in [0.5, 0.6) is 0 Å². The summed E-state index contributed by atoms with van der Waals surface area (Å²) in [5.41, 5.74) is 1.54. The number of hydrogen-bond acceptors (Lipinski definition) is 6. The van der Waals surface area contributed by atoms with Gasteiger partial charge in [-0.1, -0.05) is 53.2 Å². The van der Waals surface area contributed by atoms with Crippen LogP contribution in [0.3, 0.4) is 0 Å². The Morgan fingerprint density at radius 1 is 1.06 bits per heavy atom. The maximum absolute atomic E-state index is 13.5. The molecule has 0 saturated heterocycles. The van der Waals surface area contributed by atoms with Crippen LogP contribution in [0, 0.1) is 5.82 Å². The predicted octanol–water partition coefficient (Wildman–Crippen LogP) is 5.91. The summed E-state index contributed by atoms with van der Waals surface area (Å²) in [4.78, 5) is 18.2. The summed E-state index contributed by atoms with van der Waals surface area (Å²) < 4.78 is 42.0. The first-order valence-corrected chi connectivity index (χ1v) is 14.1. The molecular formula is C25H22BrFN4O3S2. The Morgan fingerprint density at radius 3 is 2.36 bits per heavy atom. The molecule has 0 saturated carbocycles. The quantitative estimate of drug-likeness (QED) is 0.189. The Labute approximate surface area is 221 Å². The van der Waals surface area contributed by atoms with Gasteiger partial charge >= 0.3 is 0 Å². The van der Waals surface area contributed by atoms with Crippen molar-refractivity contribution in [3.05, 3.63) is 88.1 Å². The molecule has 0 fully saturated rings. The van der Waals surface area contributed by atoms with Crippen molar-refractivity contribution in [3.63, 3.8) is 0 Å². The number of aromatic nitrogens is 1. The first kappa shape index (κ1) is 26.1. The highest BCUT2D eigenvalue weighted by molar-refractivity contribution is 9.10. The van der Waals surface area contributed by atoms with Crippen molar-refractivity contribution >= 4 is 64.8 Å². The molecule has 0 spiro atoms. The minimum Gasteiger partial charge on any atom is -0.267 e. The molecule has 0 aliphatic rings. The molecule has 0 unspecified atom stereocenters. The lowest BCUT2D eigenvalue weighted by Gasteiger charge is -2.19. The van der Waals surface area contributed by atoms with Gasteiger partial charge in [0.15, 0.2) is 0 Å². The van der Waals surface area contributed by atoms with E-state index < -0.39 is 15.9 Å².